The van der Waals surface area contributed by atoms with Crippen LogP contribution in [0.3, 0.4) is 0 Å². The molecule has 11 heteroatoms. The van der Waals surface area contributed by atoms with Gasteiger partial charge >= 0.3 is 0 Å². The lowest BCUT2D eigenvalue weighted by molar-refractivity contribution is 0.533. The average Bonchev–Trinajstić information content (AvgIpc) is 4.10. The van der Waals surface area contributed by atoms with Gasteiger partial charge < -0.3 is 0 Å². The number of thiazole rings is 1. The summed E-state index contributed by atoms with van der Waals surface area (Å²) in [5.41, 5.74) is 9.71. The fourth-order valence-corrected chi connectivity index (χ4v) is 6.49. The second-order valence-electron chi connectivity index (χ2n) is 18.9. The van der Waals surface area contributed by atoms with Crippen molar-refractivity contribution in [2.75, 3.05) is 0 Å². The highest BCUT2D eigenvalue weighted by atomic mass is 32.1. The summed E-state index contributed by atoms with van der Waals surface area (Å²) in [7, 11) is 0. The Hall–Kier alpha value is -6.33. The van der Waals surface area contributed by atoms with Crippen molar-refractivity contribution < 1.29 is 0 Å². The molecule has 0 atom stereocenters. The monoisotopic (exact) mass is 963 g/mol. The Morgan fingerprint density at radius 2 is 0.986 bits per heavy atom. The van der Waals surface area contributed by atoms with Crippen LogP contribution in [-0.2, 0) is 0 Å². The van der Waals surface area contributed by atoms with E-state index in [1.54, 1.807) is 42.5 Å². The molecule has 0 aliphatic rings. The van der Waals surface area contributed by atoms with E-state index in [0.29, 0.717) is 47.5 Å². The van der Waals surface area contributed by atoms with Gasteiger partial charge in [0.1, 0.15) is 6.33 Å². The van der Waals surface area contributed by atoms with E-state index >= 15 is 0 Å². The SMILES string of the molecule is CC(C)c1ccccn1.CC(C)c1cccnc1.CC(C)c1ccncc1.CC(C)c1cn(C(C)C)nc1-c1ccccc1.CC(C)c1cnccn1.CC(C)c1cncnc1.CC(C)c1nccs1. The van der Waals surface area contributed by atoms with Gasteiger partial charge in [0.15, 0.2) is 0 Å². The van der Waals surface area contributed by atoms with Crippen molar-refractivity contribution in [3.8, 4) is 11.3 Å². The molecule has 0 amide bonds. The van der Waals surface area contributed by atoms with Crippen molar-refractivity contribution in [1.29, 1.82) is 0 Å². The highest BCUT2D eigenvalue weighted by Crippen LogP contribution is 2.29. The first-order valence-corrected chi connectivity index (χ1v) is 25.6. The lowest BCUT2D eigenvalue weighted by Gasteiger charge is -2.04. The van der Waals surface area contributed by atoms with Crippen molar-refractivity contribution in [1.82, 2.24) is 49.7 Å². The summed E-state index contributed by atoms with van der Waals surface area (Å²) in [6.45, 7) is 34.5. The standard InChI is InChI=1S/C15H20N2.3C8H11N.2C7H10N2.C6H9NS/c1-11(2)14-10-17(12(3)4)16-15(14)13-8-6-5-7-9-13;1-7(2)8-3-5-9-6-4-8;1-7(2)8-4-3-5-9-6-8;1-7(2)8-5-3-4-6-9-8;1-6(2)7-3-8-5-9-4-7;1-6(2)7-5-8-3-4-9-7;1-5(2)6-7-3-4-8-6/h5-12H,1-4H3;3*3-7H,1-2H3;2*3-6H,1-2H3;3-5H,1-2H3. The zero-order chi connectivity index (χ0) is 51.8. The van der Waals surface area contributed by atoms with Crippen LogP contribution in [0, 0.1) is 0 Å². The number of nitrogens with zero attached hydrogens (tertiary/aromatic N) is 10. The van der Waals surface area contributed by atoms with Crippen LogP contribution in [0.15, 0.2) is 159 Å². The molecule has 8 aromatic rings. The molecule has 7 aromatic heterocycles. The summed E-state index contributed by atoms with van der Waals surface area (Å²) in [5.74, 6) is 3.87. The zero-order valence-electron chi connectivity index (χ0n) is 45.0. The topological polar surface area (TPSA) is 121 Å². The van der Waals surface area contributed by atoms with Crippen molar-refractivity contribution in [3.63, 3.8) is 0 Å². The van der Waals surface area contributed by atoms with Gasteiger partial charge in [-0.2, -0.15) is 5.10 Å². The molecule has 0 saturated carbocycles. The molecular weight excluding hydrogens is 881 g/mol. The smallest absolute Gasteiger partial charge is 0.115 e. The normalized spacial score (nSPS) is 10.5. The molecule has 0 saturated heterocycles. The second kappa shape index (κ2) is 34.0. The Balaban J connectivity index is 0.000000286. The van der Waals surface area contributed by atoms with E-state index in [0.717, 1.165) is 17.1 Å². The van der Waals surface area contributed by atoms with Crippen LogP contribution in [0.2, 0.25) is 0 Å². The fraction of sp³-hybridized carbons (Fsp3) is 0.407. The summed E-state index contributed by atoms with van der Waals surface area (Å²) in [5, 5.41) is 7.95. The summed E-state index contributed by atoms with van der Waals surface area (Å²) in [6.07, 6.45) is 23.7. The van der Waals surface area contributed by atoms with E-state index in [1.165, 1.54) is 32.8 Å². The van der Waals surface area contributed by atoms with Gasteiger partial charge in [-0.3, -0.25) is 29.6 Å². The van der Waals surface area contributed by atoms with Gasteiger partial charge in [-0.25, -0.2) is 15.0 Å². The lowest BCUT2D eigenvalue weighted by Crippen LogP contribution is -2.00. The van der Waals surface area contributed by atoms with E-state index in [2.05, 4.69) is 192 Å². The van der Waals surface area contributed by atoms with E-state index in [9.17, 15) is 0 Å². The third-order valence-corrected chi connectivity index (χ3v) is 11.4. The number of rotatable bonds is 9. The van der Waals surface area contributed by atoms with Crippen LogP contribution in [0.25, 0.3) is 11.3 Å². The molecular formula is C59H82N10S. The Labute approximate surface area is 426 Å². The van der Waals surface area contributed by atoms with Gasteiger partial charge in [0.05, 0.1) is 16.4 Å². The van der Waals surface area contributed by atoms with Gasteiger partial charge in [0, 0.05) is 109 Å². The lowest BCUT2D eigenvalue weighted by atomic mass is 10.00. The molecule has 0 N–H and O–H groups in total. The minimum atomic E-state index is 0.407. The minimum Gasteiger partial charge on any atom is -0.269 e. The molecule has 7 heterocycles. The van der Waals surface area contributed by atoms with E-state index in [4.69, 9.17) is 5.10 Å². The molecule has 0 aliphatic heterocycles. The van der Waals surface area contributed by atoms with Crippen LogP contribution in [0.1, 0.15) is 197 Å². The summed E-state index contributed by atoms with van der Waals surface area (Å²) < 4.78 is 2.05. The van der Waals surface area contributed by atoms with Gasteiger partial charge in [-0.05, 0) is 96.4 Å². The largest absolute Gasteiger partial charge is 0.269 e. The number of pyridine rings is 3. The molecule has 0 unspecified atom stereocenters. The molecule has 0 bridgehead atoms. The molecule has 0 fully saturated rings. The first-order valence-electron chi connectivity index (χ1n) is 24.7. The molecule has 374 valence electrons. The van der Waals surface area contributed by atoms with Crippen molar-refractivity contribution in [2.24, 2.45) is 0 Å². The summed E-state index contributed by atoms with van der Waals surface area (Å²) >= 11 is 1.72. The maximum absolute atomic E-state index is 4.72. The van der Waals surface area contributed by atoms with Gasteiger partial charge in [-0.1, -0.05) is 139 Å². The van der Waals surface area contributed by atoms with Crippen LogP contribution in [0.5, 0.6) is 0 Å². The first-order chi connectivity index (χ1) is 33.4. The average molecular weight is 963 g/mol. The molecule has 0 radical (unpaired) electrons. The summed E-state index contributed by atoms with van der Waals surface area (Å²) in [6, 6.07) is 25.0. The quantitative estimate of drug-likeness (QED) is 0.139. The molecule has 8 rings (SSSR count). The zero-order valence-corrected chi connectivity index (χ0v) is 45.8. The Kier molecular flexibility index (Phi) is 29.1. The van der Waals surface area contributed by atoms with E-state index in [-0.39, 0.29) is 0 Å². The molecule has 10 nitrogen and oxygen atoms in total. The van der Waals surface area contributed by atoms with E-state index in [1.807, 2.05) is 91.2 Å². The Morgan fingerprint density at radius 3 is 1.36 bits per heavy atom. The van der Waals surface area contributed by atoms with Crippen molar-refractivity contribution in [3.05, 3.63) is 198 Å². The Bertz CT molecular complexity index is 2170. The Morgan fingerprint density at radius 1 is 0.400 bits per heavy atom. The van der Waals surface area contributed by atoms with Crippen LogP contribution < -0.4 is 0 Å². The predicted molar refractivity (Wildman–Crippen MR) is 296 cm³/mol. The third-order valence-electron chi connectivity index (χ3n) is 10.3. The first kappa shape index (κ1) is 59.8. The maximum atomic E-state index is 4.72. The summed E-state index contributed by atoms with van der Waals surface area (Å²) in [4.78, 5) is 32.1. The van der Waals surface area contributed by atoms with Crippen LogP contribution >= 0.6 is 11.3 Å². The maximum Gasteiger partial charge on any atom is 0.115 e. The van der Waals surface area contributed by atoms with Crippen molar-refractivity contribution >= 4 is 11.3 Å². The number of aromatic nitrogens is 10. The predicted octanol–water partition coefficient (Wildman–Crippen LogP) is 16.3. The number of benzene rings is 1. The second-order valence-corrected chi connectivity index (χ2v) is 19.9. The number of hydrogen-bond donors (Lipinski definition) is 0. The molecule has 70 heavy (non-hydrogen) atoms. The minimum absolute atomic E-state index is 0.407. The fourth-order valence-electron chi connectivity index (χ4n) is 5.83. The van der Waals surface area contributed by atoms with Gasteiger partial charge in [-0.15, -0.1) is 11.3 Å². The molecule has 0 aliphatic carbocycles. The van der Waals surface area contributed by atoms with Crippen LogP contribution in [-0.4, -0.2) is 49.7 Å². The molecule has 0 spiro atoms. The van der Waals surface area contributed by atoms with E-state index < -0.39 is 0 Å². The van der Waals surface area contributed by atoms with Gasteiger partial charge in [0.25, 0.3) is 0 Å². The van der Waals surface area contributed by atoms with Crippen molar-refractivity contribution in [2.45, 2.75) is 158 Å². The number of hydrogen-bond acceptors (Lipinski definition) is 10. The van der Waals surface area contributed by atoms with Gasteiger partial charge in [0.2, 0.25) is 0 Å². The third kappa shape index (κ3) is 24.3. The van der Waals surface area contributed by atoms with Crippen LogP contribution in [0.4, 0.5) is 0 Å². The molecule has 1 aromatic carbocycles. The highest BCUT2D eigenvalue weighted by Gasteiger charge is 2.15. The highest BCUT2D eigenvalue weighted by molar-refractivity contribution is 7.09.